The molecule has 1 aliphatic heterocycles. The Morgan fingerprint density at radius 1 is 0.970 bits per heavy atom. The van der Waals surface area contributed by atoms with Crippen molar-refractivity contribution in [1.82, 2.24) is 15.1 Å². The molecule has 6 heteroatoms. The monoisotopic (exact) mass is 475 g/mol. The molecule has 5 rings (SSSR count). The molecular formula is C27H23Cl2N3O. The van der Waals surface area contributed by atoms with Gasteiger partial charge in [-0.3, -0.25) is 9.89 Å². The smallest absolute Gasteiger partial charge is 0.273 e. The van der Waals surface area contributed by atoms with Crippen LogP contribution in [0, 0.1) is 0 Å². The van der Waals surface area contributed by atoms with Gasteiger partial charge in [0.2, 0.25) is 0 Å². The molecule has 3 aromatic carbocycles. The van der Waals surface area contributed by atoms with Crippen LogP contribution in [0.15, 0.2) is 72.8 Å². The zero-order valence-corrected chi connectivity index (χ0v) is 19.9. The number of hydrogen-bond donors (Lipinski definition) is 1. The molecule has 0 fully saturated rings. The average Bonchev–Trinajstić information content (AvgIpc) is 3.35. The Morgan fingerprint density at radius 2 is 1.67 bits per heavy atom. The van der Waals surface area contributed by atoms with Gasteiger partial charge in [-0.1, -0.05) is 91.6 Å². The maximum absolute atomic E-state index is 13.6. The van der Waals surface area contributed by atoms with Crippen molar-refractivity contribution in [1.29, 1.82) is 0 Å². The molecule has 1 unspecified atom stereocenters. The second-order valence-electron chi connectivity index (χ2n) is 8.62. The molecule has 166 valence electrons. The van der Waals surface area contributed by atoms with Gasteiger partial charge in [0.05, 0.1) is 11.7 Å². The number of aromatic amines is 1. The van der Waals surface area contributed by atoms with E-state index in [1.54, 1.807) is 0 Å². The lowest BCUT2D eigenvalue weighted by Crippen LogP contribution is -2.29. The van der Waals surface area contributed by atoms with Gasteiger partial charge in [-0.15, -0.1) is 0 Å². The fourth-order valence-corrected chi connectivity index (χ4v) is 4.73. The summed E-state index contributed by atoms with van der Waals surface area (Å²) in [5.74, 6) is 0.341. The minimum Gasteiger partial charge on any atom is -0.322 e. The zero-order valence-electron chi connectivity index (χ0n) is 18.3. The van der Waals surface area contributed by atoms with E-state index in [0.29, 0.717) is 28.2 Å². The number of amides is 1. The van der Waals surface area contributed by atoms with Gasteiger partial charge < -0.3 is 4.90 Å². The first-order valence-electron chi connectivity index (χ1n) is 10.9. The van der Waals surface area contributed by atoms with Gasteiger partial charge in [0, 0.05) is 27.7 Å². The molecule has 1 aliphatic rings. The maximum atomic E-state index is 13.6. The van der Waals surface area contributed by atoms with Crippen molar-refractivity contribution in [2.75, 3.05) is 0 Å². The lowest BCUT2D eigenvalue weighted by atomic mass is 9.93. The third-order valence-corrected chi connectivity index (χ3v) is 6.82. The van der Waals surface area contributed by atoms with E-state index in [4.69, 9.17) is 23.2 Å². The molecule has 0 saturated heterocycles. The van der Waals surface area contributed by atoms with Gasteiger partial charge in [0.1, 0.15) is 5.69 Å². The van der Waals surface area contributed by atoms with E-state index < -0.39 is 0 Å². The molecule has 0 spiro atoms. The van der Waals surface area contributed by atoms with Crippen LogP contribution in [0.25, 0.3) is 11.3 Å². The topological polar surface area (TPSA) is 49.0 Å². The third-order valence-electron chi connectivity index (χ3n) is 6.20. The Balaban J connectivity index is 1.64. The molecule has 33 heavy (non-hydrogen) atoms. The fraction of sp³-hybridized carbons (Fsp3) is 0.185. The highest BCUT2D eigenvalue weighted by Gasteiger charge is 2.42. The summed E-state index contributed by atoms with van der Waals surface area (Å²) in [7, 11) is 0. The largest absolute Gasteiger partial charge is 0.322 e. The quantitative estimate of drug-likeness (QED) is 0.330. The van der Waals surface area contributed by atoms with Crippen molar-refractivity contribution in [3.8, 4) is 11.3 Å². The Hall–Kier alpha value is -3.08. The van der Waals surface area contributed by atoms with E-state index in [2.05, 4.69) is 48.3 Å². The van der Waals surface area contributed by atoms with Gasteiger partial charge in [0.15, 0.2) is 0 Å². The third kappa shape index (κ3) is 3.94. The Labute approximate surface area is 203 Å². The number of hydrogen-bond acceptors (Lipinski definition) is 2. The van der Waals surface area contributed by atoms with Gasteiger partial charge in [0.25, 0.3) is 5.91 Å². The van der Waals surface area contributed by atoms with E-state index in [9.17, 15) is 4.79 Å². The molecule has 4 nitrogen and oxygen atoms in total. The number of aromatic nitrogens is 2. The molecular weight excluding hydrogens is 453 g/mol. The Bertz CT molecular complexity index is 1310. The standard InChI is InChI=1S/C27H23Cl2N3O/c1-16(2)17-7-9-19(10-8-17)26-23-24(18-11-13-21(28)14-12-18)30-31-25(23)27(33)32(26)15-20-5-3-4-6-22(20)29/h3-14,16,26H,15H2,1-2H3,(H,30,31). The lowest BCUT2D eigenvalue weighted by Gasteiger charge is -2.27. The van der Waals surface area contributed by atoms with Crippen LogP contribution in [0.5, 0.6) is 0 Å². The molecule has 1 atom stereocenters. The van der Waals surface area contributed by atoms with Crippen molar-refractivity contribution >= 4 is 29.1 Å². The first-order valence-corrected chi connectivity index (χ1v) is 11.7. The molecule has 0 aliphatic carbocycles. The number of rotatable bonds is 5. The molecule has 0 radical (unpaired) electrons. The second kappa shape index (κ2) is 8.69. The summed E-state index contributed by atoms with van der Waals surface area (Å²) in [6.07, 6.45) is 0. The van der Waals surface area contributed by atoms with Crippen molar-refractivity contribution in [3.63, 3.8) is 0 Å². The van der Waals surface area contributed by atoms with Crippen molar-refractivity contribution in [2.45, 2.75) is 32.4 Å². The number of halogens is 2. The summed E-state index contributed by atoms with van der Waals surface area (Å²) < 4.78 is 0. The number of fused-ring (bicyclic) bond motifs is 1. The van der Waals surface area contributed by atoms with Crippen LogP contribution >= 0.6 is 23.2 Å². The van der Waals surface area contributed by atoms with E-state index >= 15 is 0 Å². The van der Waals surface area contributed by atoms with Gasteiger partial charge in [-0.05, 0) is 40.8 Å². The molecule has 2 heterocycles. The summed E-state index contributed by atoms with van der Waals surface area (Å²) in [5, 5.41) is 8.83. The number of carbonyl (C=O) groups is 1. The van der Waals surface area contributed by atoms with E-state index in [1.165, 1.54) is 5.56 Å². The van der Waals surface area contributed by atoms with E-state index in [1.807, 2.05) is 53.4 Å². The summed E-state index contributed by atoms with van der Waals surface area (Å²) in [4.78, 5) is 15.4. The van der Waals surface area contributed by atoms with Crippen LogP contribution < -0.4 is 0 Å². The molecule has 1 amide bonds. The SMILES string of the molecule is CC(C)c1ccc(C2c3c(-c4ccc(Cl)cc4)n[nH]c3C(=O)N2Cc2ccccc2Cl)cc1. The van der Waals surface area contributed by atoms with Crippen molar-refractivity contribution in [2.24, 2.45) is 0 Å². The summed E-state index contributed by atoms with van der Waals surface area (Å²) in [5.41, 5.74) is 6.27. The molecule has 1 aromatic heterocycles. The summed E-state index contributed by atoms with van der Waals surface area (Å²) >= 11 is 12.6. The normalized spacial score (nSPS) is 15.4. The molecule has 0 saturated carbocycles. The number of carbonyl (C=O) groups excluding carboxylic acids is 1. The van der Waals surface area contributed by atoms with Crippen molar-refractivity contribution in [3.05, 3.63) is 111 Å². The first kappa shape index (κ1) is 21.7. The van der Waals surface area contributed by atoms with E-state index in [-0.39, 0.29) is 11.9 Å². The minimum atomic E-state index is -0.283. The summed E-state index contributed by atoms with van der Waals surface area (Å²) in [6.45, 7) is 4.74. The van der Waals surface area contributed by atoms with Crippen molar-refractivity contribution < 1.29 is 4.79 Å². The Morgan fingerprint density at radius 3 is 2.33 bits per heavy atom. The van der Waals surface area contributed by atoms with Crippen LogP contribution in [-0.4, -0.2) is 21.0 Å². The number of nitrogens with zero attached hydrogens (tertiary/aromatic N) is 2. The van der Waals surface area contributed by atoms with Gasteiger partial charge in [-0.2, -0.15) is 5.10 Å². The fourth-order valence-electron chi connectivity index (χ4n) is 4.41. The van der Waals surface area contributed by atoms with Crippen LogP contribution in [0.4, 0.5) is 0 Å². The maximum Gasteiger partial charge on any atom is 0.273 e. The zero-order chi connectivity index (χ0) is 23.1. The van der Waals surface area contributed by atoms with Crippen LogP contribution in [0.1, 0.15) is 58.5 Å². The molecule has 4 aromatic rings. The minimum absolute atomic E-state index is 0.0874. The van der Waals surface area contributed by atoms with Crippen LogP contribution in [0.3, 0.4) is 0 Å². The molecule has 1 N–H and O–H groups in total. The first-order chi connectivity index (χ1) is 15.9. The number of nitrogens with one attached hydrogen (secondary N) is 1. The van der Waals surface area contributed by atoms with E-state index in [0.717, 1.165) is 27.9 Å². The van der Waals surface area contributed by atoms with Gasteiger partial charge in [-0.25, -0.2) is 0 Å². The van der Waals surface area contributed by atoms with Crippen LogP contribution in [0.2, 0.25) is 10.0 Å². The highest BCUT2D eigenvalue weighted by Crippen LogP contribution is 2.44. The average molecular weight is 476 g/mol. The number of benzene rings is 3. The lowest BCUT2D eigenvalue weighted by molar-refractivity contribution is 0.0730. The highest BCUT2D eigenvalue weighted by atomic mass is 35.5. The van der Waals surface area contributed by atoms with Crippen LogP contribution in [-0.2, 0) is 6.54 Å². The summed E-state index contributed by atoms with van der Waals surface area (Å²) in [6, 6.07) is 23.4. The Kier molecular flexibility index (Phi) is 5.73. The predicted molar refractivity (Wildman–Crippen MR) is 133 cm³/mol. The molecule has 0 bridgehead atoms. The predicted octanol–water partition coefficient (Wildman–Crippen LogP) is 7.25. The van der Waals surface area contributed by atoms with Gasteiger partial charge >= 0.3 is 0 Å². The highest BCUT2D eigenvalue weighted by molar-refractivity contribution is 6.31. The number of H-pyrrole nitrogens is 1. The second-order valence-corrected chi connectivity index (χ2v) is 9.46.